The van der Waals surface area contributed by atoms with E-state index in [-0.39, 0.29) is 23.2 Å². The molecule has 0 aliphatic carbocycles. The van der Waals surface area contributed by atoms with E-state index >= 15 is 0 Å². The Bertz CT molecular complexity index is 647. The van der Waals surface area contributed by atoms with Crippen LogP contribution < -0.4 is 10.1 Å². The van der Waals surface area contributed by atoms with Gasteiger partial charge in [0.2, 0.25) is 0 Å². The summed E-state index contributed by atoms with van der Waals surface area (Å²) in [7, 11) is 1.39. The second kappa shape index (κ2) is 7.76. The number of benzene rings is 1. The number of rotatable bonds is 4. The molecule has 130 valence electrons. The van der Waals surface area contributed by atoms with Crippen molar-refractivity contribution in [3.05, 3.63) is 28.3 Å². The number of methoxy groups -OCH3 is 1. The summed E-state index contributed by atoms with van der Waals surface area (Å²) in [4.78, 5) is 36.6. The Labute approximate surface area is 139 Å². The monoisotopic (exact) mass is 335 g/mol. The number of anilines is 1. The molecule has 1 heterocycles. The summed E-state index contributed by atoms with van der Waals surface area (Å²) >= 11 is 0. The molecule has 0 aromatic heterocycles. The summed E-state index contributed by atoms with van der Waals surface area (Å²) in [6, 6.07) is 3.89. The van der Waals surface area contributed by atoms with Gasteiger partial charge in [0.05, 0.1) is 17.7 Å². The van der Waals surface area contributed by atoms with Crippen LogP contribution in [-0.4, -0.2) is 41.3 Å². The summed E-state index contributed by atoms with van der Waals surface area (Å²) < 4.78 is 5.09. The highest BCUT2D eigenvalue weighted by atomic mass is 16.6. The predicted molar refractivity (Wildman–Crippen MR) is 87.9 cm³/mol. The average molecular weight is 335 g/mol. The van der Waals surface area contributed by atoms with Crippen LogP contribution >= 0.6 is 0 Å². The van der Waals surface area contributed by atoms with E-state index in [0.29, 0.717) is 6.54 Å². The predicted octanol–water partition coefficient (Wildman–Crippen LogP) is 2.33. The zero-order valence-electron chi connectivity index (χ0n) is 13.8. The Morgan fingerprint density at radius 2 is 2.17 bits per heavy atom. The number of nitro benzene ring substituents is 1. The Balaban J connectivity index is 2.17. The fourth-order valence-electron chi connectivity index (χ4n) is 2.91. The lowest BCUT2D eigenvalue weighted by Gasteiger charge is -2.34. The van der Waals surface area contributed by atoms with E-state index in [1.54, 1.807) is 4.90 Å². The van der Waals surface area contributed by atoms with Gasteiger partial charge in [-0.05, 0) is 31.7 Å². The molecule has 1 fully saturated rings. The molecule has 1 aliphatic rings. The molecule has 1 aromatic rings. The smallest absolute Gasteiger partial charge is 0.314 e. The summed E-state index contributed by atoms with van der Waals surface area (Å²) in [5, 5.41) is 13.3. The molecule has 0 spiro atoms. The van der Waals surface area contributed by atoms with Crippen molar-refractivity contribution in [3.8, 4) is 5.75 Å². The molecule has 8 nitrogen and oxygen atoms in total. The Morgan fingerprint density at radius 1 is 1.42 bits per heavy atom. The number of ether oxygens (including phenoxy) is 1. The van der Waals surface area contributed by atoms with Gasteiger partial charge in [0.15, 0.2) is 0 Å². The van der Waals surface area contributed by atoms with Crippen molar-refractivity contribution in [3.63, 3.8) is 0 Å². The molecule has 8 heteroatoms. The number of carbonyl (C=O) groups is 2. The first-order valence-electron chi connectivity index (χ1n) is 7.92. The second-order valence-corrected chi connectivity index (χ2v) is 5.65. The van der Waals surface area contributed by atoms with Crippen LogP contribution in [0.25, 0.3) is 0 Å². The van der Waals surface area contributed by atoms with Crippen molar-refractivity contribution in [2.75, 3.05) is 19.0 Å². The molecule has 0 saturated carbocycles. The van der Waals surface area contributed by atoms with Crippen LogP contribution in [0, 0.1) is 10.1 Å². The van der Waals surface area contributed by atoms with Gasteiger partial charge < -0.3 is 15.0 Å². The van der Waals surface area contributed by atoms with E-state index in [1.807, 2.05) is 6.92 Å². The fourth-order valence-corrected chi connectivity index (χ4v) is 2.91. The van der Waals surface area contributed by atoms with Gasteiger partial charge in [-0.25, -0.2) is 0 Å². The molecule has 1 unspecified atom stereocenters. The molecule has 1 saturated heterocycles. The summed E-state index contributed by atoms with van der Waals surface area (Å²) in [5.41, 5.74) is -0.0851. The first-order valence-corrected chi connectivity index (χ1v) is 7.92. The van der Waals surface area contributed by atoms with E-state index in [0.717, 1.165) is 25.7 Å². The molecule has 2 amide bonds. The number of likely N-dealkylation sites (tertiary alicyclic amines) is 1. The largest absolute Gasteiger partial charge is 0.495 e. The highest BCUT2D eigenvalue weighted by Crippen LogP contribution is 2.29. The summed E-state index contributed by atoms with van der Waals surface area (Å²) in [6.45, 7) is 2.54. The Morgan fingerprint density at radius 3 is 2.79 bits per heavy atom. The lowest BCUT2D eigenvalue weighted by Crippen LogP contribution is -2.48. The number of carbonyl (C=O) groups excluding carboxylic acids is 2. The van der Waals surface area contributed by atoms with Gasteiger partial charge in [-0.2, -0.15) is 0 Å². The third kappa shape index (κ3) is 3.81. The van der Waals surface area contributed by atoms with Crippen LogP contribution in [0.3, 0.4) is 0 Å². The molecule has 2 rings (SSSR count). The van der Waals surface area contributed by atoms with Gasteiger partial charge in [0, 0.05) is 24.7 Å². The average Bonchev–Trinajstić information content (AvgIpc) is 2.60. The van der Waals surface area contributed by atoms with Crippen molar-refractivity contribution >= 4 is 23.2 Å². The maximum Gasteiger partial charge on any atom is 0.314 e. The zero-order chi connectivity index (χ0) is 17.7. The molecule has 0 radical (unpaired) electrons. The quantitative estimate of drug-likeness (QED) is 0.517. The van der Waals surface area contributed by atoms with Crippen LogP contribution in [0.15, 0.2) is 18.2 Å². The number of nitro groups is 1. The normalized spacial score (nSPS) is 17.2. The third-order valence-corrected chi connectivity index (χ3v) is 4.20. The molecule has 1 atom stereocenters. The van der Waals surface area contributed by atoms with Crippen LogP contribution in [0.4, 0.5) is 11.4 Å². The summed E-state index contributed by atoms with van der Waals surface area (Å²) in [6.07, 6.45) is 3.59. The minimum absolute atomic E-state index is 0.0593. The number of non-ortho nitro benzene ring substituents is 1. The van der Waals surface area contributed by atoms with Crippen molar-refractivity contribution in [1.82, 2.24) is 4.90 Å². The maximum atomic E-state index is 12.4. The van der Waals surface area contributed by atoms with E-state index in [1.165, 1.54) is 25.3 Å². The van der Waals surface area contributed by atoms with Gasteiger partial charge in [-0.3, -0.25) is 19.7 Å². The number of nitrogens with zero attached hydrogens (tertiary/aromatic N) is 2. The topological polar surface area (TPSA) is 102 Å². The fraction of sp³-hybridized carbons (Fsp3) is 0.500. The lowest BCUT2D eigenvalue weighted by molar-refractivity contribution is -0.384. The number of piperidine rings is 1. The third-order valence-electron chi connectivity index (χ3n) is 4.20. The minimum Gasteiger partial charge on any atom is -0.495 e. The van der Waals surface area contributed by atoms with Crippen LogP contribution in [0.5, 0.6) is 5.75 Å². The van der Waals surface area contributed by atoms with Crippen LogP contribution in [0.1, 0.15) is 32.6 Å². The van der Waals surface area contributed by atoms with Gasteiger partial charge in [-0.15, -0.1) is 0 Å². The van der Waals surface area contributed by atoms with Crippen molar-refractivity contribution in [1.29, 1.82) is 0 Å². The number of nitrogens with one attached hydrogen (secondary N) is 1. The molecular weight excluding hydrogens is 314 g/mol. The molecule has 24 heavy (non-hydrogen) atoms. The van der Waals surface area contributed by atoms with E-state index < -0.39 is 16.7 Å². The molecule has 1 aliphatic heterocycles. The van der Waals surface area contributed by atoms with Gasteiger partial charge in [0.25, 0.3) is 5.69 Å². The highest BCUT2D eigenvalue weighted by molar-refractivity contribution is 6.39. The lowest BCUT2D eigenvalue weighted by atomic mass is 10.00. The van der Waals surface area contributed by atoms with Gasteiger partial charge in [0.1, 0.15) is 5.75 Å². The van der Waals surface area contributed by atoms with Crippen LogP contribution in [-0.2, 0) is 9.59 Å². The van der Waals surface area contributed by atoms with Gasteiger partial charge in [-0.1, -0.05) is 6.92 Å². The van der Waals surface area contributed by atoms with Crippen molar-refractivity contribution in [2.24, 2.45) is 0 Å². The van der Waals surface area contributed by atoms with Crippen molar-refractivity contribution in [2.45, 2.75) is 38.6 Å². The van der Waals surface area contributed by atoms with E-state index in [4.69, 9.17) is 4.74 Å². The molecular formula is C16H21N3O5. The SMILES string of the molecule is CCC1CCCCN1C(=O)C(=O)Nc1cc([N+](=O)[O-])ccc1OC. The maximum absolute atomic E-state index is 12.4. The zero-order valence-corrected chi connectivity index (χ0v) is 13.8. The van der Waals surface area contributed by atoms with Crippen molar-refractivity contribution < 1.29 is 19.2 Å². The first kappa shape index (κ1) is 17.7. The molecule has 0 bridgehead atoms. The van der Waals surface area contributed by atoms with Crippen LogP contribution in [0.2, 0.25) is 0 Å². The second-order valence-electron chi connectivity index (χ2n) is 5.65. The number of amides is 2. The number of hydrogen-bond acceptors (Lipinski definition) is 5. The first-order chi connectivity index (χ1) is 11.5. The minimum atomic E-state index is -0.811. The van der Waals surface area contributed by atoms with E-state index in [9.17, 15) is 19.7 Å². The summed E-state index contributed by atoms with van der Waals surface area (Å²) in [5.74, 6) is -1.17. The standard InChI is InChI=1S/C16H21N3O5/c1-3-11-6-4-5-9-18(11)16(21)15(20)17-13-10-12(19(22)23)7-8-14(13)24-2/h7-8,10-11H,3-6,9H2,1-2H3,(H,17,20). The highest BCUT2D eigenvalue weighted by Gasteiger charge is 2.30. The molecule has 1 N–H and O–H groups in total. The van der Waals surface area contributed by atoms with E-state index in [2.05, 4.69) is 5.32 Å². The number of hydrogen-bond donors (Lipinski definition) is 1. The van der Waals surface area contributed by atoms with Gasteiger partial charge >= 0.3 is 11.8 Å². The Hall–Kier alpha value is -2.64. The Kier molecular flexibility index (Phi) is 5.73. The molecule has 1 aromatic carbocycles.